The summed E-state index contributed by atoms with van der Waals surface area (Å²) in [5.41, 5.74) is 5.30. The first kappa shape index (κ1) is 24.0. The summed E-state index contributed by atoms with van der Waals surface area (Å²) in [6.45, 7) is 1.62. The van der Waals surface area contributed by atoms with Gasteiger partial charge in [0.15, 0.2) is 14.9 Å². The lowest BCUT2D eigenvalue weighted by Crippen LogP contribution is -2.20. The van der Waals surface area contributed by atoms with Crippen molar-refractivity contribution in [3.05, 3.63) is 75.9 Å². The Kier molecular flexibility index (Phi) is 6.77. The quantitative estimate of drug-likeness (QED) is 0.456. The second-order valence-electron chi connectivity index (χ2n) is 6.83. The van der Waals surface area contributed by atoms with Gasteiger partial charge < -0.3 is 5.73 Å². The van der Waals surface area contributed by atoms with Crippen LogP contribution in [0.15, 0.2) is 70.5 Å². The van der Waals surface area contributed by atoms with Crippen LogP contribution in [-0.4, -0.2) is 31.5 Å². The van der Waals surface area contributed by atoms with E-state index in [2.05, 4.69) is 9.98 Å². The normalized spacial score (nSPS) is 13.4. The lowest BCUT2D eigenvalue weighted by molar-refractivity contribution is -0.0925. The summed E-state index contributed by atoms with van der Waals surface area (Å²) in [7, 11) is -3.47. The monoisotopic (exact) mass is 499 g/mol. The van der Waals surface area contributed by atoms with Crippen molar-refractivity contribution in [2.45, 2.75) is 18.1 Å². The second kappa shape index (κ2) is 9.05. The summed E-state index contributed by atoms with van der Waals surface area (Å²) < 4.78 is 62.8. The molecule has 0 saturated carbocycles. The molecule has 0 fully saturated rings. The van der Waals surface area contributed by atoms with E-state index >= 15 is 0 Å². The lowest BCUT2D eigenvalue weighted by atomic mass is 10.2. The first-order chi connectivity index (χ1) is 14.9. The predicted molar refractivity (Wildman–Crippen MR) is 121 cm³/mol. The minimum Gasteiger partial charge on any atom is -0.395 e. The Morgan fingerprint density at radius 1 is 1.22 bits per heavy atom. The molecule has 3 aromatic rings. The van der Waals surface area contributed by atoms with Crippen LogP contribution in [0, 0.1) is 6.92 Å². The minimum absolute atomic E-state index is 0.0124. The van der Waals surface area contributed by atoms with Crippen LogP contribution in [0.2, 0.25) is 5.02 Å². The highest BCUT2D eigenvalue weighted by Gasteiger charge is 2.32. The summed E-state index contributed by atoms with van der Waals surface area (Å²) in [6.07, 6.45) is -1.48. The fourth-order valence-corrected chi connectivity index (χ4v) is 4.79. The molecule has 32 heavy (non-hydrogen) atoms. The van der Waals surface area contributed by atoms with Gasteiger partial charge in [0, 0.05) is 22.9 Å². The molecule has 5 nitrogen and oxygen atoms in total. The number of alkyl halides is 3. The minimum atomic E-state index is -4.72. The van der Waals surface area contributed by atoms with Gasteiger partial charge in [-0.2, -0.15) is 13.2 Å². The molecule has 2 heterocycles. The Hall–Kier alpha value is -2.69. The number of para-hydroxylation sites is 1. The van der Waals surface area contributed by atoms with Crippen LogP contribution in [0.25, 0.3) is 10.4 Å². The average Bonchev–Trinajstić information content (AvgIpc) is 3.17. The number of pyridine rings is 1. The van der Waals surface area contributed by atoms with Gasteiger partial charge in [0.1, 0.15) is 5.70 Å². The third kappa shape index (κ3) is 5.56. The number of sulfone groups is 1. The summed E-state index contributed by atoms with van der Waals surface area (Å²) in [4.78, 5) is 9.41. The van der Waals surface area contributed by atoms with Crippen LogP contribution >= 0.6 is 22.9 Å². The van der Waals surface area contributed by atoms with Crippen LogP contribution in [0.1, 0.15) is 10.4 Å². The van der Waals surface area contributed by atoms with Crippen molar-refractivity contribution in [2.75, 3.05) is 6.26 Å². The largest absolute Gasteiger partial charge is 0.430 e. The first-order valence-corrected chi connectivity index (χ1v) is 12.1. The molecule has 0 bridgehead atoms. The molecule has 2 N–H and O–H groups in total. The van der Waals surface area contributed by atoms with Gasteiger partial charge in [0.05, 0.1) is 21.3 Å². The van der Waals surface area contributed by atoms with Gasteiger partial charge in [-0.1, -0.05) is 23.7 Å². The van der Waals surface area contributed by atoms with Crippen molar-refractivity contribution in [3.63, 3.8) is 0 Å². The van der Waals surface area contributed by atoms with Crippen molar-refractivity contribution in [1.29, 1.82) is 0 Å². The van der Waals surface area contributed by atoms with E-state index < -0.39 is 21.7 Å². The fourth-order valence-electron chi connectivity index (χ4n) is 2.78. The molecule has 0 saturated heterocycles. The molecule has 11 heteroatoms. The fraction of sp³-hybridized carbons (Fsp3) is 0.143. The van der Waals surface area contributed by atoms with E-state index in [0.717, 1.165) is 23.7 Å². The number of halogens is 4. The third-order valence-electron chi connectivity index (χ3n) is 4.24. The van der Waals surface area contributed by atoms with E-state index in [1.54, 1.807) is 49.4 Å². The number of rotatable bonds is 5. The molecule has 0 radical (unpaired) electrons. The van der Waals surface area contributed by atoms with Crippen molar-refractivity contribution >= 4 is 44.2 Å². The number of aliphatic imine (C=N–C) groups is 1. The maximum absolute atomic E-state index is 13.1. The van der Waals surface area contributed by atoms with Gasteiger partial charge in [0.2, 0.25) is 0 Å². The number of hydrogen-bond donors (Lipinski definition) is 1. The van der Waals surface area contributed by atoms with E-state index in [4.69, 9.17) is 17.3 Å². The number of benzene rings is 1. The molecule has 0 aliphatic rings. The molecule has 0 spiro atoms. The zero-order chi connectivity index (χ0) is 23.7. The summed E-state index contributed by atoms with van der Waals surface area (Å²) in [5.74, 6) is 0. The lowest BCUT2D eigenvalue weighted by Gasteiger charge is -2.08. The number of aromatic nitrogens is 1. The Morgan fingerprint density at radius 3 is 2.50 bits per heavy atom. The molecular formula is C21H17ClF3N3O2S2. The van der Waals surface area contributed by atoms with E-state index in [-0.39, 0.29) is 15.8 Å². The Balaban J connectivity index is 2.09. The van der Waals surface area contributed by atoms with Gasteiger partial charge in [0.25, 0.3) is 0 Å². The summed E-state index contributed by atoms with van der Waals surface area (Å²) >= 11 is 7.28. The number of nitrogens with zero attached hydrogens (tertiary/aromatic N) is 2. The SMILES string of the molecule is Cc1cc(-c2ccc(C(C=C(N)C(F)(F)F)=Nc3ccccc3Cl)s2)cnc1S(C)(=O)=O. The van der Waals surface area contributed by atoms with Crippen molar-refractivity contribution in [1.82, 2.24) is 4.98 Å². The van der Waals surface area contributed by atoms with Crippen LogP contribution in [0.4, 0.5) is 18.9 Å². The van der Waals surface area contributed by atoms with E-state index in [0.29, 0.717) is 26.6 Å². The molecule has 1 aromatic carbocycles. The maximum Gasteiger partial charge on any atom is 0.430 e. The zero-order valence-electron chi connectivity index (χ0n) is 16.8. The highest BCUT2D eigenvalue weighted by atomic mass is 35.5. The number of thiophene rings is 1. The Labute approximate surface area is 192 Å². The molecule has 0 atom stereocenters. The van der Waals surface area contributed by atoms with Crippen molar-refractivity contribution in [2.24, 2.45) is 10.7 Å². The van der Waals surface area contributed by atoms with E-state index in [1.807, 2.05) is 0 Å². The molecular weight excluding hydrogens is 483 g/mol. The summed E-state index contributed by atoms with van der Waals surface area (Å²) in [5, 5.41) is 0.247. The number of nitrogens with two attached hydrogens (primary N) is 1. The number of allylic oxidation sites excluding steroid dienone is 2. The molecule has 2 aromatic heterocycles. The van der Waals surface area contributed by atoms with Gasteiger partial charge in [-0.3, -0.25) is 0 Å². The number of aryl methyl sites for hydroxylation is 1. The molecule has 168 valence electrons. The van der Waals surface area contributed by atoms with Crippen molar-refractivity contribution in [3.8, 4) is 10.4 Å². The highest BCUT2D eigenvalue weighted by Crippen LogP contribution is 2.33. The topological polar surface area (TPSA) is 85.4 Å². The predicted octanol–water partition coefficient (Wildman–Crippen LogP) is 5.70. The zero-order valence-corrected chi connectivity index (χ0v) is 19.2. The Morgan fingerprint density at radius 2 is 1.91 bits per heavy atom. The van der Waals surface area contributed by atoms with E-state index in [9.17, 15) is 21.6 Å². The van der Waals surface area contributed by atoms with Gasteiger partial charge in [-0.25, -0.2) is 18.4 Å². The van der Waals surface area contributed by atoms with Gasteiger partial charge >= 0.3 is 6.18 Å². The molecule has 0 amide bonds. The van der Waals surface area contributed by atoms with Crippen molar-refractivity contribution < 1.29 is 21.6 Å². The van der Waals surface area contributed by atoms with E-state index in [1.165, 1.54) is 6.20 Å². The van der Waals surface area contributed by atoms with Gasteiger partial charge in [-0.05, 0) is 48.9 Å². The van der Waals surface area contributed by atoms with Crippen LogP contribution < -0.4 is 5.73 Å². The second-order valence-corrected chi connectivity index (χ2v) is 10.3. The standard InChI is InChI=1S/C21H17ClF3N3O2S2/c1-12-9-13(11-27-20(12)32(2,29)30)17-7-8-18(31-17)16(10-19(26)21(23,24)25)28-15-6-4-3-5-14(15)22/h3-11H,26H2,1-2H3. The third-order valence-corrected chi connectivity index (χ3v) is 6.84. The van der Waals surface area contributed by atoms with Crippen LogP contribution in [-0.2, 0) is 9.84 Å². The average molecular weight is 500 g/mol. The molecule has 0 unspecified atom stereocenters. The first-order valence-electron chi connectivity index (χ1n) is 9.01. The van der Waals surface area contributed by atoms with Gasteiger partial charge in [-0.15, -0.1) is 11.3 Å². The maximum atomic E-state index is 13.1. The van der Waals surface area contributed by atoms with Crippen LogP contribution in [0.3, 0.4) is 0 Å². The molecule has 0 aliphatic heterocycles. The summed E-state index contributed by atoms with van der Waals surface area (Å²) in [6, 6.07) is 11.4. The smallest absolute Gasteiger partial charge is 0.395 e. The highest BCUT2D eigenvalue weighted by molar-refractivity contribution is 7.90. The van der Waals surface area contributed by atoms with Crippen LogP contribution in [0.5, 0.6) is 0 Å². The Bertz CT molecular complexity index is 1330. The molecule has 0 aliphatic carbocycles. The molecule has 3 rings (SSSR count). The number of hydrogen-bond acceptors (Lipinski definition) is 6.